The Morgan fingerprint density at radius 2 is 1.95 bits per heavy atom. The maximum absolute atomic E-state index is 13.8. The van der Waals surface area contributed by atoms with E-state index in [1.165, 1.54) is 4.90 Å². The second-order valence-corrected chi connectivity index (χ2v) is 5.18. The predicted octanol–water partition coefficient (Wildman–Crippen LogP) is 3.14. The molecular formula is C14H16F2N2O3. The molecule has 21 heavy (non-hydrogen) atoms. The Balaban J connectivity index is 2.20. The van der Waals surface area contributed by atoms with Gasteiger partial charge in [-0.3, -0.25) is 14.9 Å². The van der Waals surface area contributed by atoms with E-state index in [4.69, 9.17) is 0 Å². The Morgan fingerprint density at radius 1 is 1.33 bits per heavy atom. The van der Waals surface area contributed by atoms with Crippen molar-refractivity contribution in [2.75, 3.05) is 13.1 Å². The lowest BCUT2D eigenvalue weighted by molar-refractivity contribution is -0.387. The minimum absolute atomic E-state index is 0.451. The smallest absolute Gasteiger partial charge is 0.307 e. The highest BCUT2D eigenvalue weighted by Gasteiger charge is 2.27. The Hall–Kier alpha value is -2.05. The van der Waals surface area contributed by atoms with Gasteiger partial charge in [-0.05, 0) is 24.8 Å². The molecule has 114 valence electrons. The molecule has 1 amide bonds. The van der Waals surface area contributed by atoms with Gasteiger partial charge in [0.1, 0.15) is 5.82 Å². The van der Waals surface area contributed by atoms with Crippen LogP contribution >= 0.6 is 0 Å². The second-order valence-electron chi connectivity index (χ2n) is 5.18. The summed E-state index contributed by atoms with van der Waals surface area (Å²) in [4.78, 5) is 23.2. The normalized spacial score (nSPS) is 16.0. The molecule has 0 bridgehead atoms. The van der Waals surface area contributed by atoms with Crippen LogP contribution in [0.4, 0.5) is 14.5 Å². The number of carbonyl (C=O) groups is 1. The van der Waals surface area contributed by atoms with E-state index in [2.05, 4.69) is 6.92 Å². The largest absolute Gasteiger partial charge is 0.339 e. The Labute approximate surface area is 120 Å². The molecular weight excluding hydrogens is 282 g/mol. The molecule has 0 atom stereocenters. The van der Waals surface area contributed by atoms with Gasteiger partial charge < -0.3 is 4.90 Å². The van der Waals surface area contributed by atoms with E-state index < -0.39 is 33.7 Å². The molecule has 0 unspecified atom stereocenters. The summed E-state index contributed by atoms with van der Waals surface area (Å²) >= 11 is 0. The van der Waals surface area contributed by atoms with Gasteiger partial charge in [0.2, 0.25) is 5.82 Å². The average Bonchev–Trinajstić information content (AvgIpc) is 2.48. The first kappa shape index (κ1) is 15.3. The number of nitro benzene ring substituents is 1. The molecule has 2 rings (SSSR count). The van der Waals surface area contributed by atoms with Crippen molar-refractivity contribution in [1.82, 2.24) is 4.90 Å². The molecule has 5 nitrogen and oxygen atoms in total. The fraction of sp³-hybridized carbons (Fsp3) is 0.500. The molecule has 0 N–H and O–H groups in total. The van der Waals surface area contributed by atoms with E-state index in [9.17, 15) is 23.7 Å². The van der Waals surface area contributed by atoms with Gasteiger partial charge in [0.25, 0.3) is 5.91 Å². The van der Waals surface area contributed by atoms with Crippen molar-refractivity contribution < 1.29 is 18.5 Å². The van der Waals surface area contributed by atoms with Crippen LogP contribution in [-0.4, -0.2) is 28.8 Å². The number of rotatable bonds is 3. The van der Waals surface area contributed by atoms with Gasteiger partial charge in [0.05, 0.1) is 16.6 Å². The van der Waals surface area contributed by atoms with Gasteiger partial charge in [-0.2, -0.15) is 4.39 Å². The number of carbonyl (C=O) groups excluding carboxylic acids is 1. The number of nitrogens with zero attached hydrogens (tertiary/aromatic N) is 2. The molecule has 1 aromatic rings. The van der Waals surface area contributed by atoms with Crippen LogP contribution in [0, 0.1) is 27.7 Å². The molecule has 1 aliphatic rings. The summed E-state index contributed by atoms with van der Waals surface area (Å²) in [5.74, 6) is -2.33. The van der Waals surface area contributed by atoms with Crippen LogP contribution in [0.1, 0.15) is 36.5 Å². The van der Waals surface area contributed by atoms with Crippen molar-refractivity contribution in [3.8, 4) is 0 Å². The molecule has 1 saturated heterocycles. The molecule has 0 spiro atoms. The van der Waals surface area contributed by atoms with Crippen LogP contribution in [0.25, 0.3) is 0 Å². The second kappa shape index (κ2) is 6.15. The summed E-state index contributed by atoms with van der Waals surface area (Å²) in [6.45, 7) is 3.07. The summed E-state index contributed by atoms with van der Waals surface area (Å²) in [7, 11) is 0. The van der Waals surface area contributed by atoms with Crippen LogP contribution in [0.5, 0.6) is 0 Å². The van der Waals surface area contributed by atoms with Crippen molar-refractivity contribution in [2.45, 2.75) is 26.2 Å². The van der Waals surface area contributed by atoms with Crippen LogP contribution in [0.15, 0.2) is 12.1 Å². The van der Waals surface area contributed by atoms with Crippen molar-refractivity contribution in [3.05, 3.63) is 39.4 Å². The highest BCUT2D eigenvalue weighted by atomic mass is 19.1. The minimum atomic E-state index is -1.20. The van der Waals surface area contributed by atoms with Crippen LogP contribution < -0.4 is 0 Å². The lowest BCUT2D eigenvalue weighted by Gasteiger charge is -2.31. The first-order valence-electron chi connectivity index (χ1n) is 6.86. The van der Waals surface area contributed by atoms with Crippen molar-refractivity contribution in [2.24, 2.45) is 5.92 Å². The van der Waals surface area contributed by atoms with Gasteiger partial charge >= 0.3 is 5.69 Å². The molecule has 7 heteroatoms. The van der Waals surface area contributed by atoms with Crippen molar-refractivity contribution in [1.29, 1.82) is 0 Å². The highest BCUT2D eigenvalue weighted by molar-refractivity contribution is 5.94. The van der Waals surface area contributed by atoms with Crippen molar-refractivity contribution >= 4 is 11.6 Å². The third-order valence-corrected chi connectivity index (χ3v) is 3.94. The third kappa shape index (κ3) is 3.17. The number of likely N-dealkylation sites (tertiary alicyclic amines) is 1. The standard InChI is InChI=1S/C14H16F2N2O3/c1-2-9-3-5-17(6-4-9)14(19)10-7-12(16)13(18(20)21)8-11(10)15/h7-9H,2-6H2,1H3. The van der Waals surface area contributed by atoms with Crippen LogP contribution in [0.3, 0.4) is 0 Å². The fourth-order valence-corrected chi connectivity index (χ4v) is 2.55. The summed E-state index contributed by atoms with van der Waals surface area (Å²) in [5, 5.41) is 10.5. The average molecular weight is 298 g/mol. The number of amides is 1. The Bertz CT molecular complexity index is 570. The molecule has 1 heterocycles. The highest BCUT2D eigenvalue weighted by Crippen LogP contribution is 2.25. The zero-order valence-electron chi connectivity index (χ0n) is 11.6. The summed E-state index contributed by atoms with van der Waals surface area (Å²) in [6.07, 6.45) is 2.70. The van der Waals surface area contributed by atoms with E-state index in [0.717, 1.165) is 19.3 Å². The number of hydrogen-bond donors (Lipinski definition) is 0. The van der Waals surface area contributed by atoms with E-state index in [1.54, 1.807) is 0 Å². The first-order valence-corrected chi connectivity index (χ1v) is 6.86. The SMILES string of the molecule is CCC1CCN(C(=O)c2cc(F)c([N+](=O)[O-])cc2F)CC1. The predicted molar refractivity (Wildman–Crippen MR) is 71.9 cm³/mol. The lowest BCUT2D eigenvalue weighted by Crippen LogP contribution is -2.38. The first-order chi connectivity index (χ1) is 9.93. The molecule has 1 aliphatic heterocycles. The lowest BCUT2D eigenvalue weighted by atomic mass is 9.94. The van der Waals surface area contributed by atoms with Crippen molar-refractivity contribution in [3.63, 3.8) is 0 Å². The number of halogens is 2. The van der Waals surface area contributed by atoms with Gasteiger partial charge in [0.15, 0.2) is 0 Å². The molecule has 0 aromatic heterocycles. The topological polar surface area (TPSA) is 63.5 Å². The number of hydrogen-bond acceptors (Lipinski definition) is 3. The molecule has 1 aromatic carbocycles. The maximum atomic E-state index is 13.8. The third-order valence-electron chi connectivity index (χ3n) is 3.94. The van der Waals surface area contributed by atoms with Gasteiger partial charge in [0, 0.05) is 13.1 Å². The summed E-state index contributed by atoms with van der Waals surface area (Å²) < 4.78 is 27.4. The van der Waals surface area contributed by atoms with Gasteiger partial charge in [-0.1, -0.05) is 13.3 Å². The van der Waals surface area contributed by atoms with Crippen LogP contribution in [-0.2, 0) is 0 Å². The monoisotopic (exact) mass is 298 g/mol. The Kier molecular flexibility index (Phi) is 4.50. The molecule has 0 saturated carbocycles. The molecule has 0 radical (unpaired) electrons. The van der Waals surface area contributed by atoms with Gasteiger partial charge in [-0.15, -0.1) is 0 Å². The minimum Gasteiger partial charge on any atom is -0.339 e. The number of nitro groups is 1. The zero-order chi connectivity index (χ0) is 15.6. The summed E-state index contributed by atoms with van der Waals surface area (Å²) in [5.41, 5.74) is -1.42. The Morgan fingerprint density at radius 3 is 2.48 bits per heavy atom. The fourth-order valence-electron chi connectivity index (χ4n) is 2.55. The summed E-state index contributed by atoms with van der Waals surface area (Å²) in [6, 6.07) is 1.07. The van der Waals surface area contributed by atoms with E-state index in [1.807, 2.05) is 0 Å². The number of piperidine rings is 1. The maximum Gasteiger partial charge on any atom is 0.307 e. The quantitative estimate of drug-likeness (QED) is 0.636. The van der Waals surface area contributed by atoms with E-state index in [-0.39, 0.29) is 0 Å². The molecule has 1 fully saturated rings. The van der Waals surface area contributed by atoms with E-state index in [0.29, 0.717) is 31.1 Å². The van der Waals surface area contributed by atoms with E-state index >= 15 is 0 Å². The van der Waals surface area contributed by atoms with Gasteiger partial charge in [-0.25, -0.2) is 4.39 Å². The molecule has 0 aliphatic carbocycles. The number of benzene rings is 1. The zero-order valence-corrected chi connectivity index (χ0v) is 11.6. The van der Waals surface area contributed by atoms with Crippen LogP contribution in [0.2, 0.25) is 0 Å².